The predicted molar refractivity (Wildman–Crippen MR) is 136 cm³/mol. The third kappa shape index (κ3) is 6.07. The molecule has 13 nitrogen and oxygen atoms in total. The molecule has 1 saturated heterocycles. The number of nitrogens with zero attached hydrogens (tertiary/aromatic N) is 3. The molecule has 4 rings (SSSR count). The van der Waals surface area contributed by atoms with Crippen molar-refractivity contribution in [3.05, 3.63) is 29.6 Å². The van der Waals surface area contributed by atoms with Gasteiger partial charge in [0, 0.05) is 31.0 Å². The van der Waals surface area contributed by atoms with Gasteiger partial charge >= 0.3 is 0 Å². The van der Waals surface area contributed by atoms with Crippen LogP contribution < -0.4 is 31.3 Å². The van der Waals surface area contributed by atoms with Crippen molar-refractivity contribution in [3.63, 3.8) is 0 Å². The zero-order valence-electron chi connectivity index (χ0n) is 21.0. The number of aryl methyl sites for hydroxylation is 1. The van der Waals surface area contributed by atoms with Crippen molar-refractivity contribution in [1.82, 2.24) is 15.3 Å². The van der Waals surface area contributed by atoms with Gasteiger partial charge in [0.15, 0.2) is 17.3 Å². The molecule has 1 unspecified atom stereocenters. The first-order valence-electron chi connectivity index (χ1n) is 12.3. The molecule has 0 spiro atoms. The minimum atomic E-state index is -0.702. The van der Waals surface area contributed by atoms with Gasteiger partial charge in [-0.15, -0.1) is 0 Å². The number of nitrogens with one attached hydrogen (secondary N) is 3. The van der Waals surface area contributed by atoms with Crippen LogP contribution in [0.5, 0.6) is 5.75 Å². The van der Waals surface area contributed by atoms with Gasteiger partial charge in [-0.05, 0) is 38.4 Å². The fraction of sp³-hybridized carbons (Fsp3) is 0.500. The topological polar surface area (TPSA) is 173 Å². The summed E-state index contributed by atoms with van der Waals surface area (Å²) in [6, 6.07) is 4.85. The maximum atomic E-state index is 12.8. The van der Waals surface area contributed by atoms with Gasteiger partial charge in [-0.25, -0.2) is 14.9 Å². The van der Waals surface area contributed by atoms with Crippen LogP contribution in [0.4, 0.5) is 23.0 Å². The van der Waals surface area contributed by atoms with Crippen LogP contribution in [-0.2, 0) is 20.8 Å². The largest absolute Gasteiger partial charge is 0.489 e. The fourth-order valence-corrected chi connectivity index (χ4v) is 4.41. The summed E-state index contributed by atoms with van der Waals surface area (Å²) in [7, 11) is 1.68. The van der Waals surface area contributed by atoms with Crippen molar-refractivity contribution in [2.24, 2.45) is 5.73 Å². The summed E-state index contributed by atoms with van der Waals surface area (Å²) in [4.78, 5) is 40.0. The second-order valence-electron chi connectivity index (χ2n) is 8.83. The molecule has 0 radical (unpaired) electrons. The average Bonchev–Trinajstić information content (AvgIpc) is 2.89. The van der Waals surface area contributed by atoms with Crippen molar-refractivity contribution in [2.45, 2.75) is 38.3 Å². The molecule has 1 atom stereocenters. The van der Waals surface area contributed by atoms with Crippen LogP contribution >= 0.6 is 0 Å². The van der Waals surface area contributed by atoms with Crippen molar-refractivity contribution in [1.29, 1.82) is 0 Å². The number of rotatable bonds is 10. The number of amides is 2. The third-order valence-electron chi connectivity index (χ3n) is 6.24. The normalized spacial score (nSPS) is 17.6. The van der Waals surface area contributed by atoms with Crippen molar-refractivity contribution in [3.8, 4) is 5.75 Å². The maximum absolute atomic E-state index is 12.8. The number of likely N-dealkylation sites (N-methyl/N-ethyl adjacent to an activating group) is 1. The second-order valence-corrected chi connectivity index (χ2v) is 8.83. The monoisotopic (exact) mass is 515 g/mol. The number of ether oxygens (including phenoxy) is 2. The molecule has 0 saturated carbocycles. The predicted octanol–water partition coefficient (Wildman–Crippen LogP) is 1.28. The Morgan fingerprint density at radius 3 is 2.70 bits per heavy atom. The number of anilines is 4. The quantitative estimate of drug-likeness (QED) is 0.228. The van der Waals surface area contributed by atoms with E-state index in [1.165, 1.54) is 4.90 Å². The zero-order valence-corrected chi connectivity index (χ0v) is 21.0. The lowest BCUT2D eigenvalue weighted by molar-refractivity contribution is -0.246. The van der Waals surface area contributed by atoms with Crippen LogP contribution in [0, 0.1) is 0 Å². The Morgan fingerprint density at radius 2 is 2.03 bits per heavy atom. The molecular weight excluding hydrogens is 482 g/mol. The summed E-state index contributed by atoms with van der Waals surface area (Å²) < 4.78 is 11.3. The Balaban J connectivity index is 1.64. The molecule has 2 amide bonds. The highest BCUT2D eigenvalue weighted by Gasteiger charge is 2.32. The van der Waals surface area contributed by atoms with Gasteiger partial charge in [-0.3, -0.25) is 19.7 Å². The van der Waals surface area contributed by atoms with Crippen LogP contribution in [0.3, 0.4) is 0 Å². The summed E-state index contributed by atoms with van der Waals surface area (Å²) in [6.45, 7) is 3.42. The highest BCUT2D eigenvalue weighted by molar-refractivity contribution is 5.98. The molecule has 1 fully saturated rings. The van der Waals surface area contributed by atoms with Gasteiger partial charge in [-0.2, -0.15) is 0 Å². The number of hydrogen-bond donors (Lipinski definition) is 5. The Hall–Kier alpha value is -3.52. The summed E-state index contributed by atoms with van der Waals surface area (Å²) in [5.74, 6) is 0.349. The summed E-state index contributed by atoms with van der Waals surface area (Å²) in [6.07, 6.45) is 2.26. The highest BCUT2D eigenvalue weighted by Crippen LogP contribution is 2.37. The molecule has 2 aromatic rings. The number of hydrogen-bond acceptors (Lipinski definition) is 11. The van der Waals surface area contributed by atoms with E-state index in [-0.39, 0.29) is 43.2 Å². The number of fused-ring (bicyclic) bond motifs is 1. The Labute approximate surface area is 214 Å². The van der Waals surface area contributed by atoms with E-state index >= 15 is 0 Å². The van der Waals surface area contributed by atoms with Crippen LogP contribution in [0.2, 0.25) is 0 Å². The summed E-state index contributed by atoms with van der Waals surface area (Å²) in [5, 5.41) is 18.4. The number of carbonyl (C=O) groups is 2. The van der Waals surface area contributed by atoms with E-state index in [1.54, 1.807) is 25.2 Å². The minimum Gasteiger partial charge on any atom is -0.489 e. The van der Waals surface area contributed by atoms with Crippen molar-refractivity contribution < 1.29 is 29.2 Å². The first-order chi connectivity index (χ1) is 17.9. The average molecular weight is 516 g/mol. The molecule has 0 aliphatic carbocycles. The Kier molecular flexibility index (Phi) is 8.71. The van der Waals surface area contributed by atoms with Gasteiger partial charge in [0.25, 0.3) is 5.91 Å². The molecular formula is C24H33N7O6. The maximum Gasteiger partial charge on any atom is 0.271 e. The van der Waals surface area contributed by atoms with E-state index in [0.29, 0.717) is 48.3 Å². The highest BCUT2D eigenvalue weighted by atomic mass is 17.1. The number of carbonyl (C=O) groups excluding carboxylic acids is 2. The van der Waals surface area contributed by atoms with E-state index in [9.17, 15) is 9.59 Å². The van der Waals surface area contributed by atoms with E-state index in [4.69, 9.17) is 20.5 Å². The molecule has 2 aliphatic heterocycles. The molecule has 3 heterocycles. The fourth-order valence-electron chi connectivity index (χ4n) is 4.41. The van der Waals surface area contributed by atoms with E-state index in [2.05, 4.69) is 30.8 Å². The van der Waals surface area contributed by atoms with Crippen molar-refractivity contribution >= 4 is 34.8 Å². The molecule has 6 N–H and O–H groups in total. The third-order valence-corrected chi connectivity index (χ3v) is 6.24. The van der Waals surface area contributed by atoms with E-state index < -0.39 is 11.9 Å². The minimum absolute atomic E-state index is 0.0269. The first kappa shape index (κ1) is 26.5. The van der Waals surface area contributed by atoms with Crippen LogP contribution in [0.15, 0.2) is 18.2 Å². The molecule has 1 aromatic heterocycles. The van der Waals surface area contributed by atoms with Gasteiger partial charge in [0.1, 0.15) is 19.0 Å². The lowest BCUT2D eigenvalue weighted by Gasteiger charge is -2.36. The SMILES string of the molecule is CCc1nc(C(N)=O)c(Nc2ccc3c(c2)OCC(COO)N3C(=O)CNC)nc1NC1CCOCC1. The molecule has 13 heteroatoms. The van der Waals surface area contributed by atoms with Gasteiger partial charge < -0.3 is 31.2 Å². The Bertz CT molecular complexity index is 1130. The lowest BCUT2D eigenvalue weighted by atomic mass is 10.1. The molecule has 1 aromatic carbocycles. The molecule has 0 bridgehead atoms. The number of benzene rings is 1. The van der Waals surface area contributed by atoms with Crippen LogP contribution in [-0.4, -0.2) is 79.1 Å². The number of aromatic nitrogens is 2. The van der Waals surface area contributed by atoms with Gasteiger partial charge in [0.05, 0.1) is 24.0 Å². The smallest absolute Gasteiger partial charge is 0.271 e. The van der Waals surface area contributed by atoms with Crippen LogP contribution in [0.25, 0.3) is 0 Å². The molecule has 2 aliphatic rings. The summed E-state index contributed by atoms with van der Waals surface area (Å²) in [5.41, 5.74) is 7.41. The first-order valence-corrected chi connectivity index (χ1v) is 12.3. The standard InChI is InChI=1S/C24H33N7O6/c1-3-17-23(27-14-6-8-35-9-7-14)30-24(21(29-17)22(25)33)28-15-4-5-18-19(10-15)36-12-16(13-37-34)31(18)20(32)11-26-2/h4-5,10,14,16,26,34H,3,6-9,11-13H2,1-2H3,(H2,25,33)(H2,27,28,30). The second kappa shape index (κ2) is 12.1. The zero-order chi connectivity index (χ0) is 26.4. The summed E-state index contributed by atoms with van der Waals surface area (Å²) >= 11 is 0. The van der Waals surface area contributed by atoms with Gasteiger partial charge in [-0.1, -0.05) is 6.92 Å². The molecule has 37 heavy (non-hydrogen) atoms. The van der Waals surface area contributed by atoms with Gasteiger partial charge in [0.2, 0.25) is 5.91 Å². The number of primary amides is 1. The number of nitrogens with two attached hydrogens (primary N) is 1. The Morgan fingerprint density at radius 1 is 1.24 bits per heavy atom. The lowest BCUT2D eigenvalue weighted by Crippen LogP contribution is -2.51. The van der Waals surface area contributed by atoms with Crippen molar-refractivity contribution in [2.75, 3.05) is 55.6 Å². The van der Waals surface area contributed by atoms with E-state index in [1.807, 2.05) is 6.92 Å². The molecule has 200 valence electrons. The van der Waals surface area contributed by atoms with Crippen LogP contribution in [0.1, 0.15) is 35.9 Å². The van der Waals surface area contributed by atoms with E-state index in [0.717, 1.165) is 12.8 Å².